The van der Waals surface area contributed by atoms with Crippen molar-refractivity contribution in [1.82, 2.24) is 15.1 Å². The van der Waals surface area contributed by atoms with Crippen LogP contribution >= 0.6 is 15.9 Å². The number of hydrogen-bond donors (Lipinski definition) is 1. The third-order valence-electron chi connectivity index (χ3n) is 3.93. The number of carbonyl (C=O) groups excluding carboxylic acids is 2. The number of morpholine rings is 1. The molecule has 7 heteroatoms. The van der Waals surface area contributed by atoms with E-state index in [4.69, 9.17) is 4.74 Å². The summed E-state index contributed by atoms with van der Waals surface area (Å²) in [5.41, 5.74) is 1.04. The van der Waals surface area contributed by atoms with Gasteiger partial charge >= 0.3 is 0 Å². The van der Waals surface area contributed by atoms with E-state index in [1.54, 1.807) is 16.8 Å². The number of carbonyl (C=O) groups is 2. The highest BCUT2D eigenvalue weighted by atomic mass is 79.9. The lowest BCUT2D eigenvalue weighted by Crippen LogP contribution is -2.46. The van der Waals surface area contributed by atoms with E-state index in [2.05, 4.69) is 21.2 Å². The summed E-state index contributed by atoms with van der Waals surface area (Å²) in [5.74, 6) is -0.0581. The van der Waals surface area contributed by atoms with E-state index in [9.17, 15) is 9.59 Å². The lowest BCUT2D eigenvalue weighted by Gasteiger charge is -2.28. The Hall–Kier alpha value is -1.44. The number of ether oxygens (including phenoxy) is 1. The highest BCUT2D eigenvalue weighted by Crippen LogP contribution is 2.16. The van der Waals surface area contributed by atoms with Gasteiger partial charge in [0.25, 0.3) is 0 Å². The SMILES string of the molecule is C[C@H](NC(=O)CN(C)CC(=O)N1CCOCC1)c1ccc(Br)cc1. The Morgan fingerprint density at radius 3 is 2.50 bits per heavy atom. The monoisotopic (exact) mass is 397 g/mol. The van der Waals surface area contributed by atoms with Gasteiger partial charge in [0, 0.05) is 17.6 Å². The molecule has 1 heterocycles. The maximum absolute atomic E-state index is 12.2. The highest BCUT2D eigenvalue weighted by molar-refractivity contribution is 9.10. The minimum absolute atomic E-state index is 0.0366. The van der Waals surface area contributed by atoms with E-state index in [0.717, 1.165) is 10.0 Å². The van der Waals surface area contributed by atoms with Crippen molar-refractivity contribution < 1.29 is 14.3 Å². The first-order valence-electron chi connectivity index (χ1n) is 8.04. The van der Waals surface area contributed by atoms with Crippen LogP contribution in [0.4, 0.5) is 0 Å². The number of amides is 2. The third-order valence-corrected chi connectivity index (χ3v) is 4.46. The number of halogens is 1. The predicted molar refractivity (Wildman–Crippen MR) is 95.6 cm³/mol. The van der Waals surface area contributed by atoms with Crippen molar-refractivity contribution in [3.8, 4) is 0 Å². The molecular formula is C17H24BrN3O3. The fraction of sp³-hybridized carbons (Fsp3) is 0.529. The minimum atomic E-state index is -0.0947. The molecule has 1 aliphatic rings. The van der Waals surface area contributed by atoms with Gasteiger partial charge in [-0.15, -0.1) is 0 Å². The second-order valence-corrected chi connectivity index (χ2v) is 6.92. The van der Waals surface area contributed by atoms with Crippen molar-refractivity contribution in [3.63, 3.8) is 0 Å². The zero-order valence-corrected chi connectivity index (χ0v) is 15.7. The molecule has 2 rings (SSSR count). The number of rotatable bonds is 6. The summed E-state index contributed by atoms with van der Waals surface area (Å²) in [6, 6.07) is 7.77. The number of likely N-dealkylation sites (N-methyl/N-ethyl adjacent to an activating group) is 1. The second kappa shape index (κ2) is 9.15. The molecule has 0 spiro atoms. The van der Waals surface area contributed by atoms with Gasteiger partial charge in [0.1, 0.15) is 0 Å². The van der Waals surface area contributed by atoms with Crippen molar-refractivity contribution in [2.45, 2.75) is 13.0 Å². The Morgan fingerprint density at radius 1 is 1.25 bits per heavy atom. The summed E-state index contributed by atoms with van der Waals surface area (Å²) < 4.78 is 6.24. The summed E-state index contributed by atoms with van der Waals surface area (Å²) in [5, 5.41) is 2.96. The molecule has 1 atom stereocenters. The Balaban J connectivity index is 1.76. The van der Waals surface area contributed by atoms with E-state index in [0.29, 0.717) is 26.3 Å². The van der Waals surface area contributed by atoms with Crippen LogP contribution in [-0.2, 0) is 14.3 Å². The molecule has 2 amide bonds. The topological polar surface area (TPSA) is 61.9 Å². The summed E-state index contributed by atoms with van der Waals surface area (Å²) in [6.45, 7) is 4.79. The van der Waals surface area contributed by atoms with E-state index in [1.165, 1.54) is 0 Å². The molecule has 132 valence electrons. The van der Waals surface area contributed by atoms with Gasteiger partial charge < -0.3 is 15.0 Å². The lowest BCUT2D eigenvalue weighted by molar-refractivity contribution is -0.136. The van der Waals surface area contributed by atoms with Gasteiger partial charge in [-0.25, -0.2) is 0 Å². The molecule has 1 aromatic carbocycles. The van der Waals surface area contributed by atoms with Gasteiger partial charge in [-0.1, -0.05) is 28.1 Å². The largest absolute Gasteiger partial charge is 0.378 e. The molecule has 1 N–H and O–H groups in total. The van der Waals surface area contributed by atoms with Gasteiger partial charge in [-0.3, -0.25) is 14.5 Å². The zero-order valence-electron chi connectivity index (χ0n) is 14.1. The second-order valence-electron chi connectivity index (χ2n) is 6.01. The van der Waals surface area contributed by atoms with Gasteiger partial charge in [0.2, 0.25) is 11.8 Å². The molecule has 0 unspecified atom stereocenters. The molecule has 6 nitrogen and oxygen atoms in total. The van der Waals surface area contributed by atoms with Crippen LogP contribution in [0.1, 0.15) is 18.5 Å². The van der Waals surface area contributed by atoms with Crippen LogP contribution in [0.3, 0.4) is 0 Å². The normalized spacial score (nSPS) is 16.1. The quantitative estimate of drug-likeness (QED) is 0.788. The maximum Gasteiger partial charge on any atom is 0.236 e. The summed E-state index contributed by atoms with van der Waals surface area (Å²) in [7, 11) is 1.78. The van der Waals surface area contributed by atoms with Crippen LogP contribution in [0, 0.1) is 0 Å². The molecule has 1 aromatic rings. The van der Waals surface area contributed by atoms with Crippen molar-refractivity contribution in [2.24, 2.45) is 0 Å². The summed E-state index contributed by atoms with van der Waals surface area (Å²) >= 11 is 3.40. The predicted octanol–water partition coefficient (Wildman–Crippen LogP) is 1.42. The number of hydrogen-bond acceptors (Lipinski definition) is 4. The molecular weight excluding hydrogens is 374 g/mol. The Bertz CT molecular complexity index is 559. The average molecular weight is 398 g/mol. The van der Waals surface area contributed by atoms with Gasteiger partial charge in [0.05, 0.1) is 32.3 Å². The molecule has 0 aliphatic carbocycles. The molecule has 0 saturated carbocycles. The molecule has 0 aromatic heterocycles. The standard InChI is InChI=1S/C17H24BrN3O3/c1-13(14-3-5-15(18)6-4-14)19-16(22)11-20(2)12-17(23)21-7-9-24-10-8-21/h3-6,13H,7-12H2,1-2H3,(H,19,22)/t13-/m0/s1. The smallest absolute Gasteiger partial charge is 0.236 e. The number of nitrogens with zero attached hydrogens (tertiary/aromatic N) is 2. The molecule has 24 heavy (non-hydrogen) atoms. The van der Waals surface area contributed by atoms with E-state index in [1.807, 2.05) is 31.2 Å². The van der Waals surface area contributed by atoms with E-state index in [-0.39, 0.29) is 30.9 Å². The molecule has 0 radical (unpaired) electrons. The zero-order chi connectivity index (χ0) is 17.5. The first-order chi connectivity index (χ1) is 11.5. The minimum Gasteiger partial charge on any atom is -0.378 e. The molecule has 1 saturated heterocycles. The first-order valence-corrected chi connectivity index (χ1v) is 8.84. The Morgan fingerprint density at radius 2 is 1.88 bits per heavy atom. The summed E-state index contributed by atoms with van der Waals surface area (Å²) in [4.78, 5) is 27.8. The van der Waals surface area contributed by atoms with E-state index < -0.39 is 0 Å². The summed E-state index contributed by atoms with van der Waals surface area (Å²) in [6.07, 6.45) is 0. The van der Waals surface area contributed by atoms with Crippen LogP contribution in [0.15, 0.2) is 28.7 Å². The Kier molecular flexibility index (Phi) is 7.20. The Labute approximate surface area is 151 Å². The average Bonchev–Trinajstić information content (AvgIpc) is 2.55. The lowest BCUT2D eigenvalue weighted by atomic mass is 10.1. The van der Waals surface area contributed by atoms with Gasteiger partial charge in [-0.2, -0.15) is 0 Å². The van der Waals surface area contributed by atoms with Crippen LogP contribution < -0.4 is 5.32 Å². The van der Waals surface area contributed by atoms with Gasteiger partial charge in [0.15, 0.2) is 0 Å². The van der Waals surface area contributed by atoms with Gasteiger partial charge in [-0.05, 0) is 31.7 Å². The molecule has 1 fully saturated rings. The van der Waals surface area contributed by atoms with Crippen molar-refractivity contribution in [2.75, 3.05) is 46.4 Å². The van der Waals surface area contributed by atoms with Crippen LogP contribution in [0.25, 0.3) is 0 Å². The fourth-order valence-electron chi connectivity index (χ4n) is 2.57. The van der Waals surface area contributed by atoms with Crippen LogP contribution in [0.5, 0.6) is 0 Å². The molecule has 0 bridgehead atoms. The molecule has 1 aliphatic heterocycles. The van der Waals surface area contributed by atoms with Crippen LogP contribution in [-0.4, -0.2) is 68.1 Å². The third kappa shape index (κ3) is 5.89. The van der Waals surface area contributed by atoms with Crippen molar-refractivity contribution >= 4 is 27.7 Å². The number of benzene rings is 1. The number of nitrogens with one attached hydrogen (secondary N) is 1. The first kappa shape index (κ1) is 18.9. The fourth-order valence-corrected chi connectivity index (χ4v) is 2.83. The van der Waals surface area contributed by atoms with Crippen molar-refractivity contribution in [3.05, 3.63) is 34.3 Å². The van der Waals surface area contributed by atoms with Crippen LogP contribution in [0.2, 0.25) is 0 Å². The van der Waals surface area contributed by atoms with Crippen molar-refractivity contribution in [1.29, 1.82) is 0 Å². The highest BCUT2D eigenvalue weighted by Gasteiger charge is 2.19. The maximum atomic E-state index is 12.2. The van der Waals surface area contributed by atoms with E-state index >= 15 is 0 Å².